The molecule has 0 atom stereocenters. The number of aromatic nitrogens is 1. The zero-order valence-electron chi connectivity index (χ0n) is 12.2. The fourth-order valence-corrected chi connectivity index (χ4v) is 1.90. The quantitative estimate of drug-likeness (QED) is 0.755. The van der Waals surface area contributed by atoms with E-state index in [0.29, 0.717) is 32.1 Å². The Morgan fingerprint density at radius 1 is 1.14 bits per heavy atom. The molecule has 0 spiro atoms. The highest BCUT2D eigenvalue weighted by atomic mass is 16.5. The van der Waals surface area contributed by atoms with E-state index in [9.17, 15) is 4.79 Å². The lowest BCUT2D eigenvalue weighted by molar-refractivity contribution is 0.0688. The molecular weight excluding hydrogens is 268 g/mol. The first-order valence-electron chi connectivity index (χ1n) is 7.02. The molecule has 0 saturated heterocycles. The summed E-state index contributed by atoms with van der Waals surface area (Å²) in [5.74, 6) is -0.155. The standard InChI is InChI=1S/C16H20N2O3/c1-20-11-12-21-10-4-9-17-16(19)15-8-7-13-5-2-3-6-14(13)18-15/h2-3,5-8H,4,9-12H2,1H3,(H,17,19). The summed E-state index contributed by atoms with van der Waals surface area (Å²) in [7, 11) is 1.64. The van der Waals surface area contributed by atoms with E-state index >= 15 is 0 Å². The SMILES string of the molecule is COCCOCCCNC(=O)c1ccc2ccccc2n1. The predicted octanol–water partition coefficient (Wildman–Crippen LogP) is 2.02. The van der Waals surface area contributed by atoms with Crippen LogP contribution in [0.5, 0.6) is 0 Å². The van der Waals surface area contributed by atoms with Crippen LogP contribution in [0, 0.1) is 0 Å². The third-order valence-corrected chi connectivity index (χ3v) is 3.01. The van der Waals surface area contributed by atoms with Crippen molar-refractivity contribution in [3.05, 3.63) is 42.1 Å². The summed E-state index contributed by atoms with van der Waals surface area (Å²) in [6.07, 6.45) is 0.767. The Bertz CT molecular complexity index is 586. The summed E-state index contributed by atoms with van der Waals surface area (Å²) in [6, 6.07) is 11.4. The van der Waals surface area contributed by atoms with Gasteiger partial charge in [-0.2, -0.15) is 0 Å². The molecule has 2 aromatic rings. The number of hydrogen-bond acceptors (Lipinski definition) is 4. The topological polar surface area (TPSA) is 60.5 Å². The van der Waals surface area contributed by atoms with Gasteiger partial charge in [-0.3, -0.25) is 4.79 Å². The maximum Gasteiger partial charge on any atom is 0.269 e. The van der Waals surface area contributed by atoms with Gasteiger partial charge in [0.15, 0.2) is 0 Å². The van der Waals surface area contributed by atoms with Crippen LogP contribution in [0.2, 0.25) is 0 Å². The smallest absolute Gasteiger partial charge is 0.269 e. The summed E-state index contributed by atoms with van der Waals surface area (Å²) in [5.41, 5.74) is 1.27. The van der Waals surface area contributed by atoms with E-state index in [2.05, 4.69) is 10.3 Å². The van der Waals surface area contributed by atoms with Gasteiger partial charge in [-0.25, -0.2) is 4.98 Å². The molecule has 5 heteroatoms. The van der Waals surface area contributed by atoms with Crippen molar-refractivity contribution in [3.8, 4) is 0 Å². The van der Waals surface area contributed by atoms with E-state index in [0.717, 1.165) is 17.3 Å². The van der Waals surface area contributed by atoms with Crippen molar-refractivity contribution in [1.82, 2.24) is 10.3 Å². The van der Waals surface area contributed by atoms with Gasteiger partial charge >= 0.3 is 0 Å². The zero-order chi connectivity index (χ0) is 14.9. The van der Waals surface area contributed by atoms with Crippen LogP contribution in [0.25, 0.3) is 10.9 Å². The molecule has 0 unspecified atom stereocenters. The van der Waals surface area contributed by atoms with Crippen molar-refractivity contribution >= 4 is 16.8 Å². The second-order valence-electron chi connectivity index (χ2n) is 4.60. The molecule has 0 aliphatic rings. The van der Waals surface area contributed by atoms with Crippen molar-refractivity contribution in [1.29, 1.82) is 0 Å². The van der Waals surface area contributed by atoms with Gasteiger partial charge in [0.2, 0.25) is 0 Å². The number of fused-ring (bicyclic) bond motifs is 1. The lowest BCUT2D eigenvalue weighted by atomic mass is 10.2. The molecule has 0 saturated carbocycles. The number of methoxy groups -OCH3 is 1. The highest BCUT2D eigenvalue weighted by molar-refractivity contribution is 5.94. The molecule has 1 aromatic carbocycles. The van der Waals surface area contributed by atoms with E-state index in [1.165, 1.54) is 0 Å². The third kappa shape index (κ3) is 4.81. The van der Waals surface area contributed by atoms with Crippen molar-refractivity contribution in [2.75, 3.05) is 33.5 Å². The van der Waals surface area contributed by atoms with Crippen LogP contribution in [0.4, 0.5) is 0 Å². The molecule has 0 radical (unpaired) electrons. The normalized spacial score (nSPS) is 10.7. The fraction of sp³-hybridized carbons (Fsp3) is 0.375. The lowest BCUT2D eigenvalue weighted by Crippen LogP contribution is -2.26. The minimum atomic E-state index is -0.155. The maximum atomic E-state index is 12.0. The van der Waals surface area contributed by atoms with Gasteiger partial charge in [0.1, 0.15) is 5.69 Å². The van der Waals surface area contributed by atoms with Gasteiger partial charge in [-0.05, 0) is 18.6 Å². The number of para-hydroxylation sites is 1. The van der Waals surface area contributed by atoms with Crippen molar-refractivity contribution in [2.45, 2.75) is 6.42 Å². The Hall–Kier alpha value is -1.98. The molecule has 112 valence electrons. The Morgan fingerprint density at radius 3 is 2.86 bits per heavy atom. The number of amides is 1. The average Bonchev–Trinajstić information content (AvgIpc) is 2.53. The maximum absolute atomic E-state index is 12.0. The number of carbonyl (C=O) groups excluding carboxylic acids is 1. The van der Waals surface area contributed by atoms with Gasteiger partial charge in [0.05, 0.1) is 18.7 Å². The summed E-state index contributed by atoms with van der Waals surface area (Å²) in [4.78, 5) is 16.3. The van der Waals surface area contributed by atoms with Gasteiger partial charge in [-0.1, -0.05) is 24.3 Å². The van der Waals surface area contributed by atoms with Gasteiger partial charge in [-0.15, -0.1) is 0 Å². The number of benzene rings is 1. The van der Waals surface area contributed by atoms with Crippen LogP contribution >= 0.6 is 0 Å². The fourth-order valence-electron chi connectivity index (χ4n) is 1.90. The molecule has 1 heterocycles. The molecular formula is C16H20N2O3. The van der Waals surface area contributed by atoms with Crippen molar-refractivity contribution in [3.63, 3.8) is 0 Å². The molecule has 1 N–H and O–H groups in total. The van der Waals surface area contributed by atoms with E-state index in [4.69, 9.17) is 9.47 Å². The predicted molar refractivity (Wildman–Crippen MR) is 81.4 cm³/mol. The van der Waals surface area contributed by atoms with Crippen molar-refractivity contribution < 1.29 is 14.3 Å². The molecule has 1 aromatic heterocycles. The number of nitrogens with one attached hydrogen (secondary N) is 1. The Balaban J connectivity index is 1.77. The first-order valence-corrected chi connectivity index (χ1v) is 7.02. The summed E-state index contributed by atoms with van der Waals surface area (Å²) < 4.78 is 10.2. The average molecular weight is 288 g/mol. The van der Waals surface area contributed by atoms with E-state index in [-0.39, 0.29) is 5.91 Å². The lowest BCUT2D eigenvalue weighted by Gasteiger charge is -2.06. The Kier molecular flexibility index (Phi) is 6.12. The number of rotatable bonds is 8. The number of nitrogens with zero attached hydrogens (tertiary/aromatic N) is 1. The van der Waals surface area contributed by atoms with Crippen LogP contribution < -0.4 is 5.32 Å². The van der Waals surface area contributed by atoms with Gasteiger partial charge in [0.25, 0.3) is 5.91 Å². The highest BCUT2D eigenvalue weighted by Crippen LogP contribution is 2.11. The van der Waals surface area contributed by atoms with Crippen LogP contribution in [-0.2, 0) is 9.47 Å². The van der Waals surface area contributed by atoms with Crippen LogP contribution in [0.15, 0.2) is 36.4 Å². The molecule has 0 aliphatic carbocycles. The molecule has 2 rings (SSSR count). The van der Waals surface area contributed by atoms with E-state index < -0.39 is 0 Å². The van der Waals surface area contributed by atoms with Gasteiger partial charge < -0.3 is 14.8 Å². The van der Waals surface area contributed by atoms with E-state index in [1.54, 1.807) is 13.2 Å². The second-order valence-corrected chi connectivity index (χ2v) is 4.60. The number of pyridine rings is 1. The minimum Gasteiger partial charge on any atom is -0.382 e. The Morgan fingerprint density at radius 2 is 2.00 bits per heavy atom. The molecule has 1 amide bonds. The van der Waals surface area contributed by atoms with Crippen molar-refractivity contribution in [2.24, 2.45) is 0 Å². The summed E-state index contributed by atoms with van der Waals surface area (Å²) in [6.45, 7) is 2.35. The minimum absolute atomic E-state index is 0.155. The monoisotopic (exact) mass is 288 g/mol. The second kappa shape index (κ2) is 8.34. The highest BCUT2D eigenvalue weighted by Gasteiger charge is 2.07. The first kappa shape index (κ1) is 15.4. The van der Waals surface area contributed by atoms with Gasteiger partial charge in [0, 0.05) is 25.6 Å². The van der Waals surface area contributed by atoms with E-state index in [1.807, 2.05) is 30.3 Å². The number of ether oxygens (including phenoxy) is 2. The van der Waals surface area contributed by atoms with Crippen LogP contribution in [0.1, 0.15) is 16.9 Å². The molecule has 0 bridgehead atoms. The number of carbonyl (C=O) groups is 1. The van der Waals surface area contributed by atoms with Crippen LogP contribution in [-0.4, -0.2) is 44.4 Å². The largest absolute Gasteiger partial charge is 0.382 e. The molecule has 21 heavy (non-hydrogen) atoms. The first-order chi connectivity index (χ1) is 10.3. The third-order valence-electron chi connectivity index (χ3n) is 3.01. The van der Waals surface area contributed by atoms with Crippen LogP contribution in [0.3, 0.4) is 0 Å². The molecule has 0 fully saturated rings. The summed E-state index contributed by atoms with van der Waals surface area (Å²) in [5, 5.41) is 3.87. The summed E-state index contributed by atoms with van der Waals surface area (Å²) >= 11 is 0. The Labute approximate surface area is 124 Å². The number of hydrogen-bond donors (Lipinski definition) is 1. The molecule has 5 nitrogen and oxygen atoms in total. The molecule has 0 aliphatic heterocycles. The zero-order valence-corrected chi connectivity index (χ0v) is 12.2.